The van der Waals surface area contributed by atoms with Gasteiger partial charge in [-0.3, -0.25) is 9.52 Å². The summed E-state index contributed by atoms with van der Waals surface area (Å²) in [4.78, 5) is 15.0. The smallest absolute Gasteiger partial charge is 0.261 e. The van der Waals surface area contributed by atoms with Gasteiger partial charge in [-0.15, -0.1) is 0 Å². The van der Waals surface area contributed by atoms with Gasteiger partial charge in [-0.2, -0.15) is 0 Å². The molecule has 1 amide bonds. The molecule has 0 aliphatic carbocycles. The second kappa shape index (κ2) is 10.8. The zero-order valence-electron chi connectivity index (χ0n) is 19.4. The van der Waals surface area contributed by atoms with Gasteiger partial charge < -0.3 is 15.0 Å². The zero-order valence-corrected chi connectivity index (χ0v) is 20.2. The van der Waals surface area contributed by atoms with Gasteiger partial charge in [0.1, 0.15) is 11.6 Å². The molecule has 1 atom stereocenters. The van der Waals surface area contributed by atoms with Crippen molar-refractivity contribution in [1.29, 1.82) is 0 Å². The minimum atomic E-state index is -3.81. The summed E-state index contributed by atoms with van der Waals surface area (Å²) in [6.07, 6.45) is 0.916. The quantitative estimate of drug-likeness (QED) is 0.461. The van der Waals surface area contributed by atoms with E-state index in [0.717, 1.165) is 25.2 Å². The molecule has 0 aromatic heterocycles. The van der Waals surface area contributed by atoms with Crippen LogP contribution in [-0.4, -0.2) is 40.6 Å². The predicted molar refractivity (Wildman–Crippen MR) is 134 cm³/mol. The minimum absolute atomic E-state index is 0.0998. The van der Waals surface area contributed by atoms with Crippen LogP contribution in [-0.2, 0) is 10.0 Å². The van der Waals surface area contributed by atoms with E-state index in [-0.39, 0.29) is 22.5 Å². The average molecular weight is 498 g/mol. The summed E-state index contributed by atoms with van der Waals surface area (Å²) < 4.78 is 46.5. The number of carbonyl (C=O) groups excluding carboxylic acids is 1. The maximum absolute atomic E-state index is 13.2. The van der Waals surface area contributed by atoms with Crippen molar-refractivity contribution in [3.8, 4) is 5.75 Å². The van der Waals surface area contributed by atoms with Crippen LogP contribution in [0.2, 0.25) is 0 Å². The fourth-order valence-electron chi connectivity index (χ4n) is 4.04. The Morgan fingerprint density at radius 1 is 1.09 bits per heavy atom. The van der Waals surface area contributed by atoms with Crippen molar-refractivity contribution < 1.29 is 22.3 Å². The highest BCUT2D eigenvalue weighted by Gasteiger charge is 2.23. The molecular weight excluding hydrogens is 469 g/mol. The molecular formula is C26H28FN3O4S. The van der Waals surface area contributed by atoms with Gasteiger partial charge in [0.25, 0.3) is 15.9 Å². The topological polar surface area (TPSA) is 87.7 Å². The Labute approximate surface area is 205 Å². The van der Waals surface area contributed by atoms with Crippen LogP contribution in [0.15, 0.2) is 77.7 Å². The minimum Gasteiger partial charge on any atom is -0.494 e. The number of carbonyl (C=O) groups is 1. The largest absolute Gasteiger partial charge is 0.494 e. The second-order valence-electron chi connectivity index (χ2n) is 8.38. The second-order valence-corrected chi connectivity index (χ2v) is 10.1. The van der Waals surface area contributed by atoms with Crippen LogP contribution in [0.25, 0.3) is 0 Å². The normalized spacial score (nSPS) is 15.6. The standard InChI is InChI=1S/C26H28FN3O4S/c1-2-34-24-10-12-25(13-11-24)35(32,33)29-22-5-3-4-20(16-22)26(31)28-17-19-14-15-30(18-19)23-8-6-21(27)7-9-23/h3-13,16,19,29H,2,14-15,17-18H2,1H3,(H,28,31). The van der Waals surface area contributed by atoms with Crippen LogP contribution in [0, 0.1) is 11.7 Å². The number of hydrogen-bond acceptors (Lipinski definition) is 5. The van der Waals surface area contributed by atoms with E-state index in [1.165, 1.54) is 30.3 Å². The van der Waals surface area contributed by atoms with Gasteiger partial charge in [-0.05, 0) is 86.0 Å². The number of nitrogens with zero attached hydrogens (tertiary/aromatic N) is 1. The number of sulfonamides is 1. The van der Waals surface area contributed by atoms with Gasteiger partial charge in [-0.1, -0.05) is 6.07 Å². The molecule has 0 spiro atoms. The molecule has 1 fully saturated rings. The number of nitrogens with one attached hydrogen (secondary N) is 2. The van der Waals surface area contributed by atoms with Crippen molar-refractivity contribution in [3.63, 3.8) is 0 Å². The van der Waals surface area contributed by atoms with Gasteiger partial charge in [0.15, 0.2) is 0 Å². The molecule has 1 aliphatic heterocycles. The lowest BCUT2D eigenvalue weighted by molar-refractivity contribution is 0.0948. The first-order chi connectivity index (χ1) is 16.8. The van der Waals surface area contributed by atoms with Gasteiger partial charge in [0.2, 0.25) is 0 Å². The summed E-state index contributed by atoms with van der Waals surface area (Å²) in [5.41, 5.74) is 1.63. The number of amides is 1. The highest BCUT2D eigenvalue weighted by Crippen LogP contribution is 2.24. The fraction of sp³-hybridized carbons (Fsp3) is 0.269. The lowest BCUT2D eigenvalue weighted by Gasteiger charge is -2.19. The summed E-state index contributed by atoms with van der Waals surface area (Å²) >= 11 is 0. The molecule has 1 unspecified atom stereocenters. The first-order valence-corrected chi connectivity index (χ1v) is 13.0. The summed E-state index contributed by atoms with van der Waals surface area (Å²) in [6.45, 7) is 4.46. The fourth-order valence-corrected chi connectivity index (χ4v) is 5.09. The summed E-state index contributed by atoms with van der Waals surface area (Å²) in [7, 11) is -3.81. The number of hydrogen-bond donors (Lipinski definition) is 2. The molecule has 184 valence electrons. The van der Waals surface area contributed by atoms with E-state index in [1.54, 1.807) is 42.5 Å². The number of rotatable bonds is 9. The van der Waals surface area contributed by atoms with E-state index in [4.69, 9.17) is 4.74 Å². The third kappa shape index (κ3) is 6.30. The molecule has 0 radical (unpaired) electrons. The van der Waals surface area contributed by atoms with Crippen LogP contribution in [0.1, 0.15) is 23.7 Å². The molecule has 0 bridgehead atoms. The number of benzene rings is 3. The van der Waals surface area contributed by atoms with E-state index in [9.17, 15) is 17.6 Å². The molecule has 9 heteroatoms. The third-order valence-electron chi connectivity index (χ3n) is 5.85. The Hall–Kier alpha value is -3.59. The maximum Gasteiger partial charge on any atom is 0.261 e. The van der Waals surface area contributed by atoms with Crippen LogP contribution in [0.4, 0.5) is 15.8 Å². The molecule has 35 heavy (non-hydrogen) atoms. The van der Waals surface area contributed by atoms with Gasteiger partial charge in [0.05, 0.1) is 11.5 Å². The first kappa shape index (κ1) is 24.5. The van der Waals surface area contributed by atoms with E-state index < -0.39 is 10.0 Å². The first-order valence-electron chi connectivity index (χ1n) is 11.5. The van der Waals surface area contributed by atoms with Crippen molar-refractivity contribution in [2.45, 2.75) is 18.2 Å². The maximum atomic E-state index is 13.2. The van der Waals surface area contributed by atoms with Crippen LogP contribution >= 0.6 is 0 Å². The van der Waals surface area contributed by atoms with E-state index in [1.807, 2.05) is 6.92 Å². The van der Waals surface area contributed by atoms with Gasteiger partial charge in [-0.25, -0.2) is 12.8 Å². The van der Waals surface area contributed by atoms with E-state index in [2.05, 4.69) is 14.9 Å². The molecule has 3 aromatic rings. The Morgan fingerprint density at radius 2 is 1.83 bits per heavy atom. The predicted octanol–water partition coefficient (Wildman–Crippen LogP) is 4.28. The van der Waals surface area contributed by atoms with Crippen LogP contribution in [0.3, 0.4) is 0 Å². The molecule has 1 aliphatic rings. The van der Waals surface area contributed by atoms with Gasteiger partial charge >= 0.3 is 0 Å². The molecule has 7 nitrogen and oxygen atoms in total. The van der Waals surface area contributed by atoms with Crippen molar-refractivity contribution >= 4 is 27.3 Å². The summed E-state index contributed by atoms with van der Waals surface area (Å²) in [5, 5.41) is 2.95. The molecule has 1 saturated heterocycles. The highest BCUT2D eigenvalue weighted by molar-refractivity contribution is 7.92. The lowest BCUT2D eigenvalue weighted by atomic mass is 10.1. The Balaban J connectivity index is 1.33. The molecule has 3 aromatic carbocycles. The van der Waals surface area contributed by atoms with E-state index in [0.29, 0.717) is 30.2 Å². The highest BCUT2D eigenvalue weighted by atomic mass is 32.2. The zero-order chi connectivity index (χ0) is 24.8. The summed E-state index contributed by atoms with van der Waals surface area (Å²) in [5.74, 6) is 0.326. The number of halogens is 1. The Bertz CT molecular complexity index is 1260. The lowest BCUT2D eigenvalue weighted by Crippen LogP contribution is -2.31. The Kier molecular flexibility index (Phi) is 7.55. The Morgan fingerprint density at radius 3 is 2.54 bits per heavy atom. The molecule has 1 heterocycles. The third-order valence-corrected chi connectivity index (χ3v) is 7.25. The SMILES string of the molecule is CCOc1ccc(S(=O)(=O)Nc2cccc(C(=O)NCC3CCN(c4ccc(F)cc4)C3)c2)cc1. The van der Waals surface area contributed by atoms with Crippen molar-refractivity contribution in [2.75, 3.05) is 35.9 Å². The summed E-state index contributed by atoms with van der Waals surface area (Å²) in [6, 6.07) is 18.9. The van der Waals surface area contributed by atoms with Crippen molar-refractivity contribution in [2.24, 2.45) is 5.92 Å². The molecule has 0 saturated carbocycles. The average Bonchev–Trinajstić information content (AvgIpc) is 3.32. The molecule has 4 rings (SSSR count). The van der Waals surface area contributed by atoms with Crippen molar-refractivity contribution in [3.05, 3.63) is 84.2 Å². The van der Waals surface area contributed by atoms with E-state index >= 15 is 0 Å². The van der Waals surface area contributed by atoms with Crippen LogP contribution < -0.4 is 19.7 Å². The van der Waals surface area contributed by atoms with Crippen LogP contribution in [0.5, 0.6) is 5.75 Å². The monoisotopic (exact) mass is 497 g/mol. The van der Waals surface area contributed by atoms with Crippen molar-refractivity contribution in [1.82, 2.24) is 5.32 Å². The number of ether oxygens (including phenoxy) is 1. The van der Waals surface area contributed by atoms with Gasteiger partial charge in [0, 0.05) is 36.6 Å². The molecule has 2 N–H and O–H groups in total. The number of anilines is 2.